The Balaban J connectivity index is 3.08. The molecule has 0 rings (SSSR count). The first kappa shape index (κ1) is 12.0. The van der Waals surface area contributed by atoms with Crippen LogP contribution in [-0.4, -0.2) is 12.6 Å². The highest BCUT2D eigenvalue weighted by molar-refractivity contribution is 5.72. The Kier molecular flexibility index (Phi) is 8.44. The molecule has 0 radical (unpaired) electrons. The highest BCUT2D eigenvalue weighted by atomic mass is 16.5. The van der Waals surface area contributed by atoms with Crippen molar-refractivity contribution < 1.29 is 9.53 Å². The summed E-state index contributed by atoms with van der Waals surface area (Å²) < 4.78 is 4.88. The number of hydrogen-bond donors (Lipinski definition) is 0. The second kappa shape index (κ2) is 9.12. The van der Waals surface area contributed by atoms with Gasteiger partial charge in [0, 0.05) is 0 Å². The van der Waals surface area contributed by atoms with Crippen LogP contribution in [0.2, 0.25) is 0 Å². The summed E-state index contributed by atoms with van der Waals surface area (Å²) in [5, 5.41) is 0. The molecule has 0 unspecified atom stereocenters. The summed E-state index contributed by atoms with van der Waals surface area (Å²) in [5.74, 6) is 1.97. The zero-order chi connectivity index (χ0) is 9.94. The first-order valence-corrected chi connectivity index (χ1v) is 4.90. The standard InChI is InChI=1S/C11H18O2/c1-3-5-6-7-8-10-13-11(12)9-4-2/h2H,3,5-10H2,1H3. The van der Waals surface area contributed by atoms with E-state index in [1.807, 2.05) is 0 Å². The predicted octanol–water partition coefficient (Wildman–Crippen LogP) is 2.52. The van der Waals surface area contributed by atoms with Crippen LogP contribution in [0.4, 0.5) is 0 Å². The van der Waals surface area contributed by atoms with Crippen molar-refractivity contribution in [1.82, 2.24) is 0 Å². The Hall–Kier alpha value is -0.970. The summed E-state index contributed by atoms with van der Waals surface area (Å²) in [4.78, 5) is 10.8. The van der Waals surface area contributed by atoms with Crippen molar-refractivity contribution in [2.24, 2.45) is 0 Å². The van der Waals surface area contributed by atoms with Gasteiger partial charge in [-0.2, -0.15) is 0 Å². The smallest absolute Gasteiger partial charge is 0.317 e. The van der Waals surface area contributed by atoms with Crippen LogP contribution < -0.4 is 0 Å². The molecule has 2 nitrogen and oxygen atoms in total. The minimum Gasteiger partial charge on any atom is -0.465 e. The highest BCUT2D eigenvalue weighted by Crippen LogP contribution is 2.02. The lowest BCUT2D eigenvalue weighted by molar-refractivity contribution is -0.142. The van der Waals surface area contributed by atoms with Crippen molar-refractivity contribution in [2.75, 3.05) is 6.61 Å². The maximum atomic E-state index is 10.8. The fourth-order valence-electron chi connectivity index (χ4n) is 1.03. The molecule has 0 spiro atoms. The van der Waals surface area contributed by atoms with E-state index in [1.54, 1.807) is 0 Å². The molecule has 0 atom stereocenters. The number of ether oxygens (including phenoxy) is 1. The normalized spacial score (nSPS) is 9.23. The first-order chi connectivity index (χ1) is 6.31. The molecule has 13 heavy (non-hydrogen) atoms. The number of unbranched alkanes of at least 4 members (excludes halogenated alkanes) is 4. The summed E-state index contributed by atoms with van der Waals surface area (Å²) in [7, 11) is 0. The van der Waals surface area contributed by atoms with Gasteiger partial charge >= 0.3 is 5.97 Å². The number of carbonyl (C=O) groups excluding carboxylic acids is 1. The molecule has 0 fully saturated rings. The third kappa shape index (κ3) is 8.94. The molecule has 0 aliphatic heterocycles. The van der Waals surface area contributed by atoms with Crippen molar-refractivity contribution in [3.8, 4) is 12.3 Å². The van der Waals surface area contributed by atoms with Crippen molar-refractivity contribution in [3.05, 3.63) is 0 Å². The van der Waals surface area contributed by atoms with E-state index in [0.717, 1.165) is 12.8 Å². The number of esters is 1. The van der Waals surface area contributed by atoms with Gasteiger partial charge in [-0.1, -0.05) is 38.5 Å². The van der Waals surface area contributed by atoms with Crippen LogP contribution >= 0.6 is 0 Å². The fraction of sp³-hybridized carbons (Fsp3) is 0.727. The number of terminal acetylenes is 1. The third-order valence-electron chi connectivity index (χ3n) is 1.76. The van der Waals surface area contributed by atoms with Crippen molar-refractivity contribution in [1.29, 1.82) is 0 Å². The quantitative estimate of drug-likeness (QED) is 0.343. The first-order valence-electron chi connectivity index (χ1n) is 4.90. The summed E-state index contributed by atoms with van der Waals surface area (Å²) in [6.07, 6.45) is 10.9. The Bertz CT molecular complexity index is 167. The van der Waals surface area contributed by atoms with Crippen LogP contribution in [0.15, 0.2) is 0 Å². The lowest BCUT2D eigenvalue weighted by Crippen LogP contribution is -2.04. The molecule has 0 amide bonds. The van der Waals surface area contributed by atoms with E-state index in [4.69, 9.17) is 11.2 Å². The largest absolute Gasteiger partial charge is 0.465 e. The van der Waals surface area contributed by atoms with Gasteiger partial charge in [0.15, 0.2) is 0 Å². The van der Waals surface area contributed by atoms with Crippen molar-refractivity contribution >= 4 is 5.97 Å². The Morgan fingerprint density at radius 1 is 1.31 bits per heavy atom. The maximum absolute atomic E-state index is 10.8. The van der Waals surface area contributed by atoms with Gasteiger partial charge in [0.05, 0.1) is 6.61 Å². The predicted molar refractivity (Wildman–Crippen MR) is 53.2 cm³/mol. The Morgan fingerprint density at radius 2 is 2.00 bits per heavy atom. The monoisotopic (exact) mass is 182 g/mol. The number of rotatable bonds is 7. The van der Waals surface area contributed by atoms with E-state index in [2.05, 4.69) is 12.8 Å². The lowest BCUT2D eigenvalue weighted by atomic mass is 10.2. The average molecular weight is 182 g/mol. The van der Waals surface area contributed by atoms with E-state index >= 15 is 0 Å². The molecule has 0 N–H and O–H groups in total. The number of carbonyl (C=O) groups is 1. The van der Waals surface area contributed by atoms with E-state index < -0.39 is 0 Å². The Morgan fingerprint density at radius 3 is 2.62 bits per heavy atom. The Labute approximate surface area is 80.7 Å². The molecule has 0 aromatic carbocycles. The molecular formula is C11H18O2. The van der Waals surface area contributed by atoms with Crippen LogP contribution in [0.1, 0.15) is 45.4 Å². The van der Waals surface area contributed by atoms with Crippen molar-refractivity contribution in [3.63, 3.8) is 0 Å². The maximum Gasteiger partial charge on any atom is 0.317 e. The summed E-state index contributed by atoms with van der Waals surface area (Å²) in [5.41, 5.74) is 0. The van der Waals surface area contributed by atoms with Gasteiger partial charge in [-0.3, -0.25) is 4.79 Å². The molecule has 0 saturated carbocycles. The minimum absolute atomic E-state index is 0.0922. The second-order valence-corrected chi connectivity index (χ2v) is 3.02. The van der Waals surface area contributed by atoms with Gasteiger partial charge in [-0.25, -0.2) is 0 Å². The average Bonchev–Trinajstić information content (AvgIpc) is 2.11. The minimum atomic E-state index is -0.280. The molecule has 0 aliphatic carbocycles. The van der Waals surface area contributed by atoms with Crippen LogP contribution in [0.25, 0.3) is 0 Å². The zero-order valence-electron chi connectivity index (χ0n) is 8.34. The van der Waals surface area contributed by atoms with Gasteiger partial charge in [-0.05, 0) is 6.42 Å². The van der Waals surface area contributed by atoms with Crippen LogP contribution in [0.3, 0.4) is 0 Å². The summed E-state index contributed by atoms with van der Waals surface area (Å²) >= 11 is 0. The molecule has 0 aromatic rings. The zero-order valence-corrected chi connectivity index (χ0v) is 8.34. The van der Waals surface area contributed by atoms with Crippen LogP contribution in [0, 0.1) is 12.3 Å². The molecule has 0 aliphatic rings. The second-order valence-electron chi connectivity index (χ2n) is 3.02. The molecule has 74 valence electrons. The molecule has 2 heteroatoms. The third-order valence-corrected chi connectivity index (χ3v) is 1.76. The van der Waals surface area contributed by atoms with Gasteiger partial charge in [0.25, 0.3) is 0 Å². The molecule has 0 saturated heterocycles. The van der Waals surface area contributed by atoms with E-state index in [9.17, 15) is 4.79 Å². The van der Waals surface area contributed by atoms with E-state index in [1.165, 1.54) is 19.3 Å². The molecular weight excluding hydrogens is 164 g/mol. The lowest BCUT2D eigenvalue weighted by Gasteiger charge is -2.01. The fourth-order valence-corrected chi connectivity index (χ4v) is 1.03. The van der Waals surface area contributed by atoms with E-state index in [0.29, 0.717) is 6.61 Å². The summed E-state index contributed by atoms with van der Waals surface area (Å²) in [6, 6.07) is 0. The van der Waals surface area contributed by atoms with Crippen LogP contribution in [0.5, 0.6) is 0 Å². The van der Waals surface area contributed by atoms with Gasteiger partial charge in [0.1, 0.15) is 6.42 Å². The topological polar surface area (TPSA) is 26.3 Å². The molecule has 0 heterocycles. The van der Waals surface area contributed by atoms with Crippen molar-refractivity contribution in [2.45, 2.75) is 45.4 Å². The highest BCUT2D eigenvalue weighted by Gasteiger charge is 1.98. The van der Waals surface area contributed by atoms with E-state index in [-0.39, 0.29) is 12.4 Å². The van der Waals surface area contributed by atoms with Gasteiger partial charge in [-0.15, -0.1) is 6.42 Å². The SMILES string of the molecule is C#CCC(=O)OCCCCCCC. The van der Waals surface area contributed by atoms with Gasteiger partial charge in [0.2, 0.25) is 0 Å². The molecule has 0 aromatic heterocycles. The number of hydrogen-bond acceptors (Lipinski definition) is 2. The molecule has 0 bridgehead atoms. The summed E-state index contributed by atoms with van der Waals surface area (Å²) in [6.45, 7) is 2.69. The van der Waals surface area contributed by atoms with Crippen LogP contribution in [-0.2, 0) is 9.53 Å². The van der Waals surface area contributed by atoms with Gasteiger partial charge < -0.3 is 4.74 Å².